The zero-order valence-electron chi connectivity index (χ0n) is 37.2. The molecule has 0 spiro atoms. The summed E-state index contributed by atoms with van der Waals surface area (Å²) in [6.45, 7) is 12.6. The molecule has 0 amide bonds. The number of benzene rings is 3. The van der Waals surface area contributed by atoms with E-state index < -0.39 is 35.7 Å². The SMILES string of the molecule is CC(C)Cc1cc(-c2ccccn2)[c-]cc1OC(=O)C1CC(C(=O)Oc2c[c-]c(-c3ccccn3)cc2CC(C)C)CC(C(=O)Oc2c[c-]c(-c3ccccn3)cc2CC(C)C)C1.[Ir+3]. The zero-order valence-corrected chi connectivity index (χ0v) is 39.6. The number of pyridine rings is 3. The van der Waals surface area contributed by atoms with Crippen LogP contribution in [0.2, 0.25) is 0 Å². The van der Waals surface area contributed by atoms with E-state index in [2.05, 4.69) is 74.7 Å². The third-order valence-corrected chi connectivity index (χ3v) is 11.0. The summed E-state index contributed by atoms with van der Waals surface area (Å²) in [6.07, 6.45) is 7.54. The Morgan fingerprint density at radius 1 is 0.500 bits per heavy atom. The molecule has 6 aromatic rings. The minimum atomic E-state index is -0.808. The molecule has 0 aliphatic heterocycles. The largest absolute Gasteiger partial charge is 3.00 e. The van der Waals surface area contributed by atoms with Crippen LogP contribution in [0.4, 0.5) is 0 Å². The van der Waals surface area contributed by atoms with E-state index in [1.165, 1.54) is 0 Å². The van der Waals surface area contributed by atoms with E-state index in [4.69, 9.17) is 14.2 Å². The summed E-state index contributed by atoms with van der Waals surface area (Å²) in [5, 5.41) is 0. The van der Waals surface area contributed by atoms with Crippen LogP contribution in [0.25, 0.3) is 33.8 Å². The maximum Gasteiger partial charge on any atom is 3.00 e. The molecule has 1 saturated carbocycles. The van der Waals surface area contributed by atoms with Crippen molar-refractivity contribution >= 4 is 17.9 Å². The second-order valence-electron chi connectivity index (χ2n) is 17.7. The summed E-state index contributed by atoms with van der Waals surface area (Å²) < 4.78 is 18.6. The molecule has 1 aliphatic rings. The first-order valence-electron chi connectivity index (χ1n) is 21.9. The van der Waals surface area contributed by atoms with Crippen LogP contribution in [0.1, 0.15) is 77.5 Å². The number of hydrogen-bond acceptors (Lipinski definition) is 9. The molecule has 0 bridgehead atoms. The molecule has 1 aliphatic carbocycles. The van der Waals surface area contributed by atoms with Crippen molar-refractivity contribution in [2.75, 3.05) is 0 Å². The molecular weight excluding hydrogens is 979 g/mol. The average Bonchev–Trinajstić information content (AvgIpc) is 3.28. The minimum Gasteiger partial charge on any atom is -0.474 e. The molecule has 0 radical (unpaired) electrons. The van der Waals surface area contributed by atoms with Gasteiger partial charge in [-0.15, -0.1) is 71.3 Å². The average molecular weight is 1030 g/mol. The summed E-state index contributed by atoms with van der Waals surface area (Å²) in [5.74, 6) is -2.05. The van der Waals surface area contributed by atoms with E-state index in [1.54, 1.807) is 36.8 Å². The van der Waals surface area contributed by atoms with Crippen LogP contribution < -0.4 is 14.2 Å². The topological polar surface area (TPSA) is 118 Å². The van der Waals surface area contributed by atoms with Crippen molar-refractivity contribution in [3.05, 3.63) is 144 Å². The van der Waals surface area contributed by atoms with Crippen LogP contribution in [0.3, 0.4) is 0 Å². The van der Waals surface area contributed by atoms with Gasteiger partial charge in [0, 0.05) is 35.8 Å². The number of esters is 3. The Kier molecular flexibility index (Phi) is 16.5. The summed E-state index contributed by atoms with van der Waals surface area (Å²) in [6, 6.07) is 37.7. The third kappa shape index (κ3) is 12.5. The first kappa shape index (κ1) is 47.6. The first-order chi connectivity index (χ1) is 30.4. The molecule has 3 aromatic carbocycles. The summed E-state index contributed by atoms with van der Waals surface area (Å²) in [4.78, 5) is 56.4. The maximum absolute atomic E-state index is 14.3. The van der Waals surface area contributed by atoms with Crippen molar-refractivity contribution in [2.24, 2.45) is 35.5 Å². The van der Waals surface area contributed by atoms with E-state index in [1.807, 2.05) is 72.8 Å². The Hall–Kier alpha value is -5.83. The predicted molar refractivity (Wildman–Crippen MR) is 242 cm³/mol. The van der Waals surface area contributed by atoms with Gasteiger partial charge in [-0.3, -0.25) is 14.4 Å². The molecule has 1 fully saturated rings. The molecule has 3 heterocycles. The number of rotatable bonds is 15. The Bertz CT molecular complexity index is 2230. The van der Waals surface area contributed by atoms with Crippen molar-refractivity contribution in [1.82, 2.24) is 15.0 Å². The predicted octanol–water partition coefficient (Wildman–Crippen LogP) is 11.0. The van der Waals surface area contributed by atoms with Gasteiger partial charge in [0.1, 0.15) is 0 Å². The normalized spacial score (nSPS) is 16.0. The maximum atomic E-state index is 14.3. The van der Waals surface area contributed by atoms with E-state index in [0.717, 1.165) is 50.5 Å². The molecule has 7 rings (SSSR count). The van der Waals surface area contributed by atoms with Gasteiger partial charge in [-0.25, -0.2) is 0 Å². The van der Waals surface area contributed by atoms with Gasteiger partial charge < -0.3 is 29.2 Å². The van der Waals surface area contributed by atoms with Gasteiger partial charge in [-0.1, -0.05) is 94.6 Å². The second-order valence-corrected chi connectivity index (χ2v) is 17.7. The third-order valence-electron chi connectivity index (χ3n) is 11.0. The van der Waals surface area contributed by atoms with Gasteiger partial charge in [0.05, 0.1) is 17.8 Å². The van der Waals surface area contributed by atoms with Crippen LogP contribution in [0.15, 0.2) is 110 Å². The number of carbonyl (C=O) groups excluding carboxylic acids is 3. The van der Waals surface area contributed by atoms with E-state index in [9.17, 15) is 14.4 Å². The Morgan fingerprint density at radius 3 is 1.02 bits per heavy atom. The summed E-state index contributed by atoms with van der Waals surface area (Å²) in [5.41, 5.74) is 7.17. The number of hydrogen-bond donors (Lipinski definition) is 0. The van der Waals surface area contributed by atoms with Gasteiger partial charge in [-0.2, -0.15) is 0 Å². The number of carbonyl (C=O) groups is 3. The van der Waals surface area contributed by atoms with Crippen LogP contribution in [-0.4, -0.2) is 32.9 Å². The quantitative estimate of drug-likeness (QED) is 0.0563. The molecule has 3 aromatic heterocycles. The van der Waals surface area contributed by atoms with Gasteiger partial charge in [-0.05, 0) is 91.6 Å². The first-order valence-corrected chi connectivity index (χ1v) is 21.9. The molecule has 10 heteroatoms. The molecule has 0 atom stereocenters. The van der Waals surface area contributed by atoms with Gasteiger partial charge >= 0.3 is 38.0 Å². The Balaban J connectivity index is 0.00000680. The summed E-state index contributed by atoms with van der Waals surface area (Å²) in [7, 11) is 0. The molecular formula is C54H54IrN3O6. The fourth-order valence-corrected chi connectivity index (χ4v) is 8.13. The van der Waals surface area contributed by atoms with Crippen molar-refractivity contribution in [1.29, 1.82) is 0 Å². The molecule has 330 valence electrons. The fraction of sp³-hybridized carbons (Fsp3) is 0.333. The van der Waals surface area contributed by atoms with Crippen LogP contribution in [-0.2, 0) is 53.8 Å². The van der Waals surface area contributed by atoms with Crippen molar-refractivity contribution in [2.45, 2.75) is 80.1 Å². The molecule has 0 N–H and O–H groups in total. The van der Waals surface area contributed by atoms with Crippen molar-refractivity contribution in [3.8, 4) is 51.0 Å². The van der Waals surface area contributed by atoms with Crippen LogP contribution in [0.5, 0.6) is 17.2 Å². The number of nitrogens with zero attached hydrogens (tertiary/aromatic N) is 3. The molecule has 64 heavy (non-hydrogen) atoms. The fourth-order valence-electron chi connectivity index (χ4n) is 8.13. The zero-order chi connectivity index (χ0) is 44.5. The molecule has 0 unspecified atom stereocenters. The minimum absolute atomic E-state index is 0. The van der Waals surface area contributed by atoms with E-state index in [0.29, 0.717) is 36.5 Å². The monoisotopic (exact) mass is 1030 g/mol. The second kappa shape index (κ2) is 22.2. The van der Waals surface area contributed by atoms with Gasteiger partial charge in [0.2, 0.25) is 0 Å². The molecule has 9 nitrogen and oxygen atoms in total. The van der Waals surface area contributed by atoms with Crippen molar-refractivity contribution < 1.29 is 48.7 Å². The molecule has 0 saturated heterocycles. The van der Waals surface area contributed by atoms with Crippen molar-refractivity contribution in [3.63, 3.8) is 0 Å². The van der Waals surface area contributed by atoms with E-state index >= 15 is 0 Å². The van der Waals surface area contributed by atoms with Crippen LogP contribution >= 0.6 is 0 Å². The van der Waals surface area contributed by atoms with E-state index in [-0.39, 0.29) is 57.1 Å². The Labute approximate surface area is 390 Å². The number of aromatic nitrogens is 3. The van der Waals surface area contributed by atoms with Gasteiger partial charge in [0.25, 0.3) is 0 Å². The standard InChI is InChI=1S/C54H54N3O6.Ir/c1-34(2)25-40-28-37(46-13-7-10-22-55-46)16-19-49(40)61-52(58)43-31-44(53(59)62-50-20-17-38(29-41(50)26-35(3)4)47-14-8-11-23-56-47)33-45(32-43)54(60)63-51-21-18-39(30-42(51)27-36(5)6)48-15-9-12-24-57-48;/h7-15,19-24,28-30,34-36,43-45H,25-27,31-33H2,1-6H3;/q-3;+3. The summed E-state index contributed by atoms with van der Waals surface area (Å²) >= 11 is 0. The smallest absolute Gasteiger partial charge is 0.474 e. The van der Waals surface area contributed by atoms with Gasteiger partial charge in [0.15, 0.2) is 0 Å². The Morgan fingerprint density at radius 2 is 0.781 bits per heavy atom. The van der Waals surface area contributed by atoms with Crippen LogP contribution in [0, 0.1) is 53.7 Å². The number of ether oxygens (including phenoxy) is 3.